The van der Waals surface area contributed by atoms with Crippen molar-refractivity contribution in [2.75, 3.05) is 19.6 Å². The van der Waals surface area contributed by atoms with Crippen LogP contribution in [0, 0.1) is 18.8 Å². The first-order valence-corrected chi connectivity index (χ1v) is 7.67. The van der Waals surface area contributed by atoms with Crippen molar-refractivity contribution in [3.63, 3.8) is 0 Å². The van der Waals surface area contributed by atoms with Crippen molar-refractivity contribution < 1.29 is 13.2 Å². The summed E-state index contributed by atoms with van der Waals surface area (Å²) in [4.78, 5) is 2.21. The molecule has 1 aliphatic heterocycles. The van der Waals surface area contributed by atoms with Crippen LogP contribution in [0.3, 0.4) is 0 Å². The van der Waals surface area contributed by atoms with Crippen LogP contribution in [0.15, 0.2) is 24.3 Å². The summed E-state index contributed by atoms with van der Waals surface area (Å²) in [6.07, 6.45) is -4.45. The van der Waals surface area contributed by atoms with E-state index in [9.17, 15) is 13.2 Å². The molecule has 0 bridgehead atoms. The van der Waals surface area contributed by atoms with Gasteiger partial charge in [0.2, 0.25) is 0 Å². The molecular formula is C17H22F3N. The molecule has 2 atom stereocenters. The molecule has 1 nitrogen and oxygen atoms in total. The molecule has 1 aromatic carbocycles. The molecule has 2 fully saturated rings. The molecule has 0 aromatic heterocycles. The molecule has 4 heteroatoms. The number of piperidine rings is 1. The van der Waals surface area contributed by atoms with Crippen LogP contribution in [0.2, 0.25) is 0 Å². The molecule has 21 heavy (non-hydrogen) atoms. The Morgan fingerprint density at radius 3 is 2.48 bits per heavy atom. The van der Waals surface area contributed by atoms with Gasteiger partial charge in [0, 0.05) is 24.9 Å². The van der Waals surface area contributed by atoms with Gasteiger partial charge in [-0.1, -0.05) is 36.8 Å². The predicted octanol–water partition coefficient (Wildman–Crippen LogP) is 4.16. The van der Waals surface area contributed by atoms with Gasteiger partial charge in [-0.15, -0.1) is 0 Å². The zero-order valence-electron chi connectivity index (χ0n) is 12.6. The van der Waals surface area contributed by atoms with E-state index in [1.807, 2.05) is 0 Å². The third kappa shape index (κ3) is 2.83. The largest absolute Gasteiger partial charge is 0.389 e. The molecule has 3 rings (SSSR count). The van der Waals surface area contributed by atoms with Gasteiger partial charge < -0.3 is 4.90 Å². The van der Waals surface area contributed by atoms with Crippen LogP contribution >= 0.6 is 0 Å². The van der Waals surface area contributed by atoms with Gasteiger partial charge in [-0.2, -0.15) is 13.2 Å². The van der Waals surface area contributed by atoms with Crippen molar-refractivity contribution in [2.45, 2.75) is 38.3 Å². The second kappa shape index (κ2) is 5.01. The summed E-state index contributed by atoms with van der Waals surface area (Å²) >= 11 is 0. The topological polar surface area (TPSA) is 3.24 Å². The molecule has 0 spiro atoms. The Morgan fingerprint density at radius 1 is 1.24 bits per heavy atom. The number of rotatable bonds is 4. The molecule has 2 unspecified atom stereocenters. The zero-order chi connectivity index (χ0) is 15.3. The van der Waals surface area contributed by atoms with Crippen LogP contribution in [0.25, 0.3) is 0 Å². The van der Waals surface area contributed by atoms with E-state index in [0.717, 1.165) is 13.1 Å². The Hall–Kier alpha value is -1.03. The first kappa shape index (κ1) is 14.9. The number of alkyl halides is 3. The van der Waals surface area contributed by atoms with Crippen LogP contribution in [-0.2, 0) is 5.41 Å². The second-order valence-electron chi connectivity index (χ2n) is 6.84. The minimum atomic E-state index is -4.02. The molecule has 1 saturated heterocycles. The third-order valence-corrected chi connectivity index (χ3v) is 5.40. The van der Waals surface area contributed by atoms with Crippen molar-refractivity contribution >= 4 is 0 Å². The van der Waals surface area contributed by atoms with Crippen LogP contribution in [0.4, 0.5) is 13.2 Å². The van der Waals surface area contributed by atoms with E-state index >= 15 is 0 Å². The molecule has 116 valence electrons. The Labute approximate surface area is 124 Å². The van der Waals surface area contributed by atoms with Crippen molar-refractivity contribution in [1.29, 1.82) is 0 Å². The molecule has 1 saturated carbocycles. The molecule has 1 heterocycles. The van der Waals surface area contributed by atoms with Gasteiger partial charge >= 0.3 is 6.18 Å². The van der Waals surface area contributed by atoms with Crippen molar-refractivity contribution in [1.82, 2.24) is 4.90 Å². The van der Waals surface area contributed by atoms with E-state index in [-0.39, 0.29) is 11.8 Å². The Kier molecular flexibility index (Phi) is 3.55. The summed E-state index contributed by atoms with van der Waals surface area (Å²) in [6.45, 7) is 6.90. The zero-order valence-corrected chi connectivity index (χ0v) is 12.6. The maximum atomic E-state index is 12.2. The minimum Gasteiger partial charge on any atom is -0.303 e. The lowest BCUT2D eigenvalue weighted by atomic mass is 9.91. The third-order valence-electron chi connectivity index (χ3n) is 5.40. The van der Waals surface area contributed by atoms with E-state index in [1.54, 1.807) is 0 Å². The summed E-state index contributed by atoms with van der Waals surface area (Å²) in [5, 5.41) is 0. The standard InChI is InChI=1S/C17H22F3N/c1-12-5-3-6-13(9-12)16(2)14-10-21(11-15(14)16)8-4-7-17(18,19)20/h3,5-6,9,14-15H,4,7-8,10-11H2,1-2H3. The first-order valence-electron chi connectivity index (χ1n) is 7.67. The lowest BCUT2D eigenvalue weighted by Gasteiger charge is -2.24. The lowest BCUT2D eigenvalue weighted by Crippen LogP contribution is -2.30. The number of nitrogens with zero attached hydrogens (tertiary/aromatic N) is 1. The normalized spacial score (nSPS) is 32.2. The number of likely N-dealkylation sites (tertiary alicyclic amines) is 1. The maximum Gasteiger partial charge on any atom is 0.389 e. The van der Waals surface area contributed by atoms with E-state index in [0.29, 0.717) is 18.4 Å². The van der Waals surface area contributed by atoms with Crippen LogP contribution in [0.5, 0.6) is 0 Å². The number of fused-ring (bicyclic) bond motifs is 1. The second-order valence-corrected chi connectivity index (χ2v) is 6.84. The Bertz CT molecular complexity index is 511. The van der Waals surface area contributed by atoms with E-state index in [1.165, 1.54) is 11.1 Å². The van der Waals surface area contributed by atoms with Crippen LogP contribution in [0.1, 0.15) is 30.9 Å². The number of halogens is 3. The van der Waals surface area contributed by atoms with Gasteiger partial charge in [0.15, 0.2) is 0 Å². The highest BCUT2D eigenvalue weighted by molar-refractivity contribution is 5.39. The molecular weight excluding hydrogens is 275 g/mol. The van der Waals surface area contributed by atoms with Crippen LogP contribution < -0.4 is 0 Å². The van der Waals surface area contributed by atoms with Gasteiger partial charge in [0.05, 0.1) is 0 Å². The quantitative estimate of drug-likeness (QED) is 0.806. The van der Waals surface area contributed by atoms with Gasteiger partial charge in [0.1, 0.15) is 0 Å². The highest BCUT2D eigenvalue weighted by Gasteiger charge is 2.65. The summed E-state index contributed by atoms with van der Waals surface area (Å²) in [5.41, 5.74) is 2.92. The fourth-order valence-corrected chi connectivity index (χ4v) is 4.06. The number of aryl methyl sites for hydroxylation is 1. The average Bonchev–Trinajstić information content (AvgIpc) is 2.77. The molecule has 2 aliphatic rings. The van der Waals surface area contributed by atoms with Gasteiger partial charge in [0.25, 0.3) is 0 Å². The fraction of sp³-hybridized carbons (Fsp3) is 0.647. The molecule has 1 aliphatic carbocycles. The average molecular weight is 297 g/mol. The summed E-state index contributed by atoms with van der Waals surface area (Å²) in [7, 11) is 0. The number of hydrogen-bond acceptors (Lipinski definition) is 1. The highest BCUT2D eigenvalue weighted by Crippen LogP contribution is 2.63. The summed E-state index contributed by atoms with van der Waals surface area (Å²) < 4.78 is 36.5. The summed E-state index contributed by atoms with van der Waals surface area (Å²) in [5.74, 6) is 1.23. The maximum absolute atomic E-state index is 12.2. The van der Waals surface area contributed by atoms with Gasteiger partial charge in [-0.05, 0) is 37.3 Å². The predicted molar refractivity (Wildman–Crippen MR) is 77.2 cm³/mol. The number of hydrogen-bond donors (Lipinski definition) is 0. The SMILES string of the molecule is Cc1cccc(C2(C)C3CN(CCCC(F)(F)F)CC32)c1. The Balaban J connectivity index is 1.54. The van der Waals surface area contributed by atoms with Crippen molar-refractivity contribution in [3.05, 3.63) is 35.4 Å². The molecule has 0 amide bonds. The van der Waals surface area contributed by atoms with Gasteiger partial charge in [-0.25, -0.2) is 0 Å². The fourth-order valence-electron chi connectivity index (χ4n) is 4.06. The van der Waals surface area contributed by atoms with Crippen LogP contribution in [-0.4, -0.2) is 30.7 Å². The van der Waals surface area contributed by atoms with E-state index in [4.69, 9.17) is 0 Å². The molecule has 1 aromatic rings. The number of benzene rings is 1. The van der Waals surface area contributed by atoms with Crippen molar-refractivity contribution in [3.8, 4) is 0 Å². The first-order chi connectivity index (χ1) is 9.80. The highest BCUT2D eigenvalue weighted by atomic mass is 19.4. The van der Waals surface area contributed by atoms with Gasteiger partial charge in [-0.3, -0.25) is 0 Å². The molecule has 0 N–H and O–H groups in total. The lowest BCUT2D eigenvalue weighted by molar-refractivity contribution is -0.136. The minimum absolute atomic E-state index is 0.226. The van der Waals surface area contributed by atoms with Crippen molar-refractivity contribution in [2.24, 2.45) is 11.8 Å². The summed E-state index contributed by atoms with van der Waals surface area (Å²) in [6, 6.07) is 8.66. The molecule has 0 radical (unpaired) electrons. The van der Waals surface area contributed by atoms with E-state index < -0.39 is 12.6 Å². The Morgan fingerprint density at radius 2 is 1.90 bits per heavy atom. The smallest absolute Gasteiger partial charge is 0.303 e. The van der Waals surface area contributed by atoms with E-state index in [2.05, 4.69) is 43.0 Å². The monoisotopic (exact) mass is 297 g/mol.